The highest BCUT2D eigenvalue weighted by molar-refractivity contribution is 5.90. The lowest BCUT2D eigenvalue weighted by Crippen LogP contribution is -2.34. The molecule has 0 spiro atoms. The van der Waals surface area contributed by atoms with E-state index in [1.807, 2.05) is 14.0 Å². The number of nitrogens with zero attached hydrogens (tertiary/aromatic N) is 4. The first kappa shape index (κ1) is 13.7. The van der Waals surface area contributed by atoms with Gasteiger partial charge < -0.3 is 15.5 Å². The van der Waals surface area contributed by atoms with Gasteiger partial charge in [0.15, 0.2) is 5.65 Å². The molecule has 3 unspecified atom stereocenters. The molecule has 116 valence electrons. The second-order valence-electron chi connectivity index (χ2n) is 6.48. The van der Waals surface area contributed by atoms with Gasteiger partial charge >= 0.3 is 0 Å². The first-order valence-corrected chi connectivity index (χ1v) is 7.96. The second-order valence-corrected chi connectivity index (χ2v) is 6.48. The van der Waals surface area contributed by atoms with Gasteiger partial charge in [0.25, 0.3) is 0 Å². The van der Waals surface area contributed by atoms with Crippen LogP contribution in [0, 0.1) is 19.8 Å². The van der Waals surface area contributed by atoms with Gasteiger partial charge in [-0.2, -0.15) is 9.97 Å². The van der Waals surface area contributed by atoms with E-state index in [9.17, 15) is 0 Å². The number of rotatable bonds is 3. The molecule has 2 aromatic rings. The Morgan fingerprint density at radius 2 is 2.05 bits per heavy atom. The number of hydrogen-bond donors (Lipinski definition) is 2. The van der Waals surface area contributed by atoms with Crippen LogP contribution in [0.25, 0.3) is 11.0 Å². The SMILES string of the molecule is CNc1nc(NC2CN3CCC2C3)nc2nc(C)cc(C)c12. The normalized spacial score (nSPS) is 26.6. The van der Waals surface area contributed by atoms with Crippen molar-refractivity contribution in [2.75, 3.05) is 37.3 Å². The van der Waals surface area contributed by atoms with E-state index >= 15 is 0 Å². The molecule has 2 bridgehead atoms. The fraction of sp³-hybridized carbons (Fsp3) is 0.562. The van der Waals surface area contributed by atoms with E-state index in [2.05, 4.69) is 43.5 Å². The molecular formula is C16H22N6. The van der Waals surface area contributed by atoms with Crippen molar-refractivity contribution in [2.45, 2.75) is 26.3 Å². The summed E-state index contributed by atoms with van der Waals surface area (Å²) < 4.78 is 0. The highest BCUT2D eigenvalue weighted by atomic mass is 15.3. The van der Waals surface area contributed by atoms with Gasteiger partial charge in [0, 0.05) is 31.9 Å². The van der Waals surface area contributed by atoms with Crippen LogP contribution in [0.5, 0.6) is 0 Å². The van der Waals surface area contributed by atoms with E-state index in [1.54, 1.807) is 0 Å². The molecule has 2 aliphatic heterocycles. The Bertz CT molecular complexity index is 728. The van der Waals surface area contributed by atoms with Crippen LogP contribution in [0.2, 0.25) is 0 Å². The summed E-state index contributed by atoms with van der Waals surface area (Å²) in [4.78, 5) is 16.4. The number of anilines is 2. The predicted molar refractivity (Wildman–Crippen MR) is 88.3 cm³/mol. The molecule has 0 aromatic carbocycles. The third-order valence-corrected chi connectivity index (χ3v) is 4.88. The summed E-state index contributed by atoms with van der Waals surface area (Å²) in [6.07, 6.45) is 1.28. The molecule has 4 heterocycles. The maximum absolute atomic E-state index is 4.67. The summed E-state index contributed by atoms with van der Waals surface area (Å²) in [5.74, 6) is 2.26. The minimum atomic E-state index is 0.460. The Labute approximate surface area is 130 Å². The van der Waals surface area contributed by atoms with Crippen LogP contribution < -0.4 is 10.6 Å². The third-order valence-electron chi connectivity index (χ3n) is 4.88. The maximum atomic E-state index is 4.67. The lowest BCUT2D eigenvalue weighted by Gasteiger charge is -2.23. The molecule has 2 saturated heterocycles. The first-order chi connectivity index (χ1) is 10.6. The van der Waals surface area contributed by atoms with Crippen molar-refractivity contribution < 1.29 is 0 Å². The van der Waals surface area contributed by atoms with E-state index in [0.717, 1.165) is 40.6 Å². The Morgan fingerprint density at radius 3 is 2.73 bits per heavy atom. The van der Waals surface area contributed by atoms with Crippen molar-refractivity contribution in [2.24, 2.45) is 5.92 Å². The number of fused-ring (bicyclic) bond motifs is 3. The van der Waals surface area contributed by atoms with Crippen LogP contribution in [-0.4, -0.2) is 52.6 Å². The highest BCUT2D eigenvalue weighted by Crippen LogP contribution is 2.30. The highest BCUT2D eigenvalue weighted by Gasteiger charge is 2.38. The number of pyridine rings is 1. The lowest BCUT2D eigenvalue weighted by atomic mass is 10.0. The van der Waals surface area contributed by atoms with Gasteiger partial charge in [0.2, 0.25) is 5.95 Å². The molecule has 6 heteroatoms. The van der Waals surface area contributed by atoms with E-state index in [4.69, 9.17) is 0 Å². The van der Waals surface area contributed by atoms with Crippen molar-refractivity contribution in [3.05, 3.63) is 17.3 Å². The fourth-order valence-corrected chi connectivity index (χ4v) is 3.84. The van der Waals surface area contributed by atoms with Crippen molar-refractivity contribution in [3.8, 4) is 0 Å². The van der Waals surface area contributed by atoms with E-state index in [-0.39, 0.29) is 0 Å². The largest absolute Gasteiger partial charge is 0.372 e. The lowest BCUT2D eigenvalue weighted by molar-refractivity contribution is 0.354. The fourth-order valence-electron chi connectivity index (χ4n) is 3.84. The molecular weight excluding hydrogens is 276 g/mol. The molecule has 0 aliphatic carbocycles. The summed E-state index contributed by atoms with van der Waals surface area (Å²) in [5.41, 5.74) is 2.91. The van der Waals surface area contributed by atoms with Gasteiger partial charge in [0.05, 0.1) is 5.39 Å². The van der Waals surface area contributed by atoms with Crippen LogP contribution in [-0.2, 0) is 0 Å². The maximum Gasteiger partial charge on any atom is 0.227 e. The topological polar surface area (TPSA) is 66.0 Å². The summed E-state index contributed by atoms with van der Waals surface area (Å²) >= 11 is 0. The smallest absolute Gasteiger partial charge is 0.227 e. The van der Waals surface area contributed by atoms with E-state index in [1.165, 1.54) is 19.5 Å². The Morgan fingerprint density at radius 1 is 1.18 bits per heavy atom. The summed E-state index contributed by atoms with van der Waals surface area (Å²) in [6.45, 7) is 7.63. The average Bonchev–Trinajstić information content (AvgIpc) is 3.08. The predicted octanol–water partition coefficient (Wildman–Crippen LogP) is 1.80. The number of nitrogens with one attached hydrogen (secondary N) is 2. The van der Waals surface area contributed by atoms with Crippen LogP contribution in [0.15, 0.2) is 6.07 Å². The van der Waals surface area contributed by atoms with Gasteiger partial charge in [-0.1, -0.05) is 0 Å². The molecule has 0 amide bonds. The summed E-state index contributed by atoms with van der Waals surface area (Å²) in [6, 6.07) is 2.53. The van der Waals surface area contributed by atoms with Crippen LogP contribution in [0.1, 0.15) is 17.7 Å². The molecule has 22 heavy (non-hydrogen) atoms. The average molecular weight is 298 g/mol. The number of aryl methyl sites for hydroxylation is 2. The molecule has 2 N–H and O–H groups in total. The zero-order chi connectivity index (χ0) is 15.3. The molecule has 0 saturated carbocycles. The second kappa shape index (κ2) is 5.05. The minimum absolute atomic E-state index is 0.460. The Kier molecular flexibility index (Phi) is 3.14. The van der Waals surface area contributed by atoms with Gasteiger partial charge in [-0.15, -0.1) is 0 Å². The van der Waals surface area contributed by atoms with Crippen molar-refractivity contribution in [3.63, 3.8) is 0 Å². The number of aromatic nitrogens is 3. The molecule has 3 atom stereocenters. The van der Waals surface area contributed by atoms with Gasteiger partial charge in [-0.25, -0.2) is 4.98 Å². The summed E-state index contributed by atoms with van der Waals surface area (Å²) in [5, 5.41) is 7.73. The van der Waals surface area contributed by atoms with E-state index in [0.29, 0.717) is 12.0 Å². The first-order valence-electron chi connectivity index (χ1n) is 7.96. The van der Waals surface area contributed by atoms with Crippen LogP contribution in [0.3, 0.4) is 0 Å². The standard InChI is InChI=1S/C16H22N6/c1-9-6-10(2)18-15-13(9)14(17-3)20-16(21-15)19-12-8-22-5-4-11(12)7-22/h6,11-12H,4-5,7-8H2,1-3H3,(H2,17,18,19,20,21). The minimum Gasteiger partial charge on any atom is -0.372 e. The molecule has 2 aromatic heterocycles. The van der Waals surface area contributed by atoms with Crippen molar-refractivity contribution >= 4 is 22.8 Å². The third kappa shape index (κ3) is 2.18. The zero-order valence-corrected chi connectivity index (χ0v) is 13.3. The summed E-state index contributed by atoms with van der Waals surface area (Å²) in [7, 11) is 1.90. The van der Waals surface area contributed by atoms with Crippen molar-refractivity contribution in [1.29, 1.82) is 0 Å². The van der Waals surface area contributed by atoms with Gasteiger partial charge in [-0.05, 0) is 44.4 Å². The van der Waals surface area contributed by atoms with Gasteiger partial charge in [0.1, 0.15) is 5.82 Å². The van der Waals surface area contributed by atoms with Crippen LogP contribution >= 0.6 is 0 Å². The monoisotopic (exact) mass is 298 g/mol. The van der Waals surface area contributed by atoms with Crippen LogP contribution in [0.4, 0.5) is 11.8 Å². The Hall–Kier alpha value is -1.95. The molecule has 2 aliphatic rings. The van der Waals surface area contributed by atoms with Gasteiger partial charge in [-0.3, -0.25) is 0 Å². The Balaban J connectivity index is 1.72. The molecule has 4 rings (SSSR count). The van der Waals surface area contributed by atoms with E-state index < -0.39 is 0 Å². The van der Waals surface area contributed by atoms with Crippen molar-refractivity contribution in [1.82, 2.24) is 19.9 Å². The number of hydrogen-bond acceptors (Lipinski definition) is 6. The quantitative estimate of drug-likeness (QED) is 0.901. The zero-order valence-electron chi connectivity index (χ0n) is 13.3. The molecule has 2 fully saturated rings. The number of piperidine rings is 1. The molecule has 6 nitrogen and oxygen atoms in total. The molecule has 0 radical (unpaired) electrons.